The number of benzene rings is 2. The lowest BCUT2D eigenvalue weighted by Crippen LogP contribution is -2.08. The highest BCUT2D eigenvalue weighted by molar-refractivity contribution is 5.72. The Morgan fingerprint density at radius 3 is 2.05 bits per heavy atom. The van der Waals surface area contributed by atoms with Crippen molar-refractivity contribution in [2.24, 2.45) is 5.92 Å². The molecule has 0 spiro atoms. The van der Waals surface area contributed by atoms with Crippen LogP contribution in [0, 0.1) is 5.92 Å². The summed E-state index contributed by atoms with van der Waals surface area (Å²) in [5.74, 6) is 1.82. The van der Waals surface area contributed by atoms with Crippen molar-refractivity contribution in [2.75, 3.05) is 0 Å². The van der Waals surface area contributed by atoms with Gasteiger partial charge in [-0.2, -0.15) is 0 Å². The number of esters is 1. The minimum Gasteiger partial charge on any atom is -0.423 e. The Kier molecular flexibility index (Phi) is 11.4. The van der Waals surface area contributed by atoms with Gasteiger partial charge in [0.15, 0.2) is 11.6 Å². The molecule has 1 saturated carbocycles. The van der Waals surface area contributed by atoms with Gasteiger partial charge in [0.25, 0.3) is 0 Å². The van der Waals surface area contributed by atoms with Crippen molar-refractivity contribution >= 4 is 5.97 Å². The molecule has 2 aromatic carbocycles. The van der Waals surface area contributed by atoms with Gasteiger partial charge in [-0.3, -0.25) is 4.79 Å². The molecule has 1 aliphatic rings. The summed E-state index contributed by atoms with van der Waals surface area (Å²) >= 11 is 0. The first-order valence-corrected chi connectivity index (χ1v) is 14.9. The Morgan fingerprint density at radius 2 is 1.37 bits per heavy atom. The molecule has 38 heavy (non-hydrogen) atoms. The van der Waals surface area contributed by atoms with Gasteiger partial charge in [0.2, 0.25) is 0 Å². The molecule has 0 aliphatic heterocycles. The van der Waals surface area contributed by atoms with Gasteiger partial charge in [0.1, 0.15) is 0 Å². The number of carbonyl (C=O) groups excluding carboxylic acids is 1. The first-order chi connectivity index (χ1) is 18.7. The standard InChI is InChI=1S/C34H44N2O2/c1-2-3-7-12-28-17-19-29(20-18-28)30-21-23-31(24-22-30)34-35-25-32(26-36-34)38-33(37)16-9-6-4-5-8-13-27-14-10-11-15-27/h17-27H,2-16H2,1H3. The molecule has 0 bridgehead atoms. The number of aromatic nitrogens is 2. The minimum atomic E-state index is -0.201. The maximum Gasteiger partial charge on any atom is 0.311 e. The third-order valence-corrected chi connectivity index (χ3v) is 7.83. The molecule has 4 nitrogen and oxygen atoms in total. The van der Waals surface area contributed by atoms with Crippen LogP contribution in [0.1, 0.15) is 102 Å². The van der Waals surface area contributed by atoms with Crippen LogP contribution in [0.5, 0.6) is 5.75 Å². The first kappa shape index (κ1) is 28.0. The number of hydrogen-bond acceptors (Lipinski definition) is 4. The highest BCUT2D eigenvalue weighted by Gasteiger charge is 2.14. The molecule has 202 valence electrons. The van der Waals surface area contributed by atoms with Crippen molar-refractivity contribution in [2.45, 2.75) is 103 Å². The first-order valence-electron chi connectivity index (χ1n) is 14.9. The molecule has 0 N–H and O–H groups in total. The van der Waals surface area contributed by atoms with Crippen LogP contribution in [-0.4, -0.2) is 15.9 Å². The number of nitrogens with zero attached hydrogens (tertiary/aromatic N) is 2. The molecule has 0 atom stereocenters. The molecule has 1 fully saturated rings. The maximum atomic E-state index is 12.2. The number of carbonyl (C=O) groups is 1. The van der Waals surface area contributed by atoms with Crippen molar-refractivity contribution in [3.05, 3.63) is 66.5 Å². The van der Waals surface area contributed by atoms with Crippen molar-refractivity contribution < 1.29 is 9.53 Å². The van der Waals surface area contributed by atoms with E-state index in [1.807, 2.05) is 12.1 Å². The number of unbranched alkanes of at least 4 members (excludes halogenated alkanes) is 6. The van der Waals surface area contributed by atoms with Crippen LogP contribution in [0.4, 0.5) is 0 Å². The van der Waals surface area contributed by atoms with E-state index in [9.17, 15) is 4.79 Å². The summed E-state index contributed by atoms with van der Waals surface area (Å²) in [6.45, 7) is 2.24. The highest BCUT2D eigenvalue weighted by atomic mass is 16.5. The van der Waals surface area contributed by atoms with Crippen LogP contribution in [0.25, 0.3) is 22.5 Å². The summed E-state index contributed by atoms with van der Waals surface area (Å²) < 4.78 is 5.45. The average molecular weight is 513 g/mol. The summed E-state index contributed by atoms with van der Waals surface area (Å²) in [6, 6.07) is 17.2. The summed E-state index contributed by atoms with van der Waals surface area (Å²) in [5, 5.41) is 0. The predicted molar refractivity (Wildman–Crippen MR) is 156 cm³/mol. The third kappa shape index (κ3) is 9.08. The zero-order chi connectivity index (χ0) is 26.4. The Bertz CT molecular complexity index is 1080. The lowest BCUT2D eigenvalue weighted by Gasteiger charge is -2.08. The van der Waals surface area contributed by atoms with Crippen molar-refractivity contribution in [1.82, 2.24) is 9.97 Å². The second kappa shape index (κ2) is 15.4. The molecular formula is C34H44N2O2. The van der Waals surface area contributed by atoms with Gasteiger partial charge in [-0.25, -0.2) is 9.97 Å². The third-order valence-electron chi connectivity index (χ3n) is 7.83. The van der Waals surface area contributed by atoms with Crippen LogP contribution in [0.2, 0.25) is 0 Å². The maximum absolute atomic E-state index is 12.2. The second-order valence-electron chi connectivity index (χ2n) is 10.9. The number of ether oxygens (including phenoxy) is 1. The van der Waals surface area contributed by atoms with E-state index in [0.717, 1.165) is 30.7 Å². The molecular weight excluding hydrogens is 468 g/mol. The summed E-state index contributed by atoms with van der Waals surface area (Å²) in [5.41, 5.74) is 4.73. The van der Waals surface area contributed by atoms with Gasteiger partial charge < -0.3 is 4.74 Å². The predicted octanol–water partition coefficient (Wildman–Crippen LogP) is 9.37. The largest absolute Gasteiger partial charge is 0.423 e. The van der Waals surface area contributed by atoms with Crippen LogP contribution in [0.3, 0.4) is 0 Å². The normalized spacial score (nSPS) is 13.6. The monoisotopic (exact) mass is 512 g/mol. The van der Waals surface area contributed by atoms with Gasteiger partial charge in [-0.05, 0) is 41.9 Å². The average Bonchev–Trinajstić information content (AvgIpc) is 3.47. The van der Waals surface area contributed by atoms with E-state index in [1.165, 1.54) is 87.3 Å². The van der Waals surface area contributed by atoms with Crippen LogP contribution < -0.4 is 4.74 Å². The van der Waals surface area contributed by atoms with Crippen LogP contribution in [-0.2, 0) is 11.2 Å². The minimum absolute atomic E-state index is 0.201. The molecule has 0 amide bonds. The Hall–Kier alpha value is -3.01. The van der Waals surface area contributed by atoms with Gasteiger partial charge in [0, 0.05) is 12.0 Å². The zero-order valence-electron chi connectivity index (χ0n) is 23.2. The van der Waals surface area contributed by atoms with Crippen molar-refractivity contribution in [3.8, 4) is 28.3 Å². The zero-order valence-corrected chi connectivity index (χ0v) is 23.2. The highest BCUT2D eigenvalue weighted by Crippen LogP contribution is 2.29. The van der Waals surface area contributed by atoms with Crippen LogP contribution >= 0.6 is 0 Å². The van der Waals surface area contributed by atoms with Crippen LogP contribution in [0.15, 0.2) is 60.9 Å². The Balaban J connectivity index is 1.17. The van der Waals surface area contributed by atoms with E-state index in [4.69, 9.17) is 4.74 Å². The van der Waals surface area contributed by atoms with Gasteiger partial charge in [-0.15, -0.1) is 0 Å². The molecule has 1 aromatic heterocycles. The van der Waals surface area contributed by atoms with Gasteiger partial charge >= 0.3 is 5.97 Å². The van der Waals surface area contributed by atoms with E-state index in [0.29, 0.717) is 18.0 Å². The molecule has 0 unspecified atom stereocenters. The van der Waals surface area contributed by atoms with Crippen molar-refractivity contribution in [3.63, 3.8) is 0 Å². The fraction of sp³-hybridized carbons (Fsp3) is 0.500. The SMILES string of the molecule is CCCCCc1ccc(-c2ccc(-c3ncc(OC(=O)CCCCCCCC4CCCC4)cn3)cc2)cc1. The lowest BCUT2D eigenvalue weighted by molar-refractivity contribution is -0.134. The second-order valence-corrected chi connectivity index (χ2v) is 10.9. The van der Waals surface area contributed by atoms with E-state index in [1.54, 1.807) is 12.4 Å². The Labute approximate surface area is 229 Å². The smallest absolute Gasteiger partial charge is 0.311 e. The number of hydrogen-bond donors (Lipinski definition) is 0. The lowest BCUT2D eigenvalue weighted by atomic mass is 9.99. The molecule has 4 rings (SSSR count). The molecule has 1 heterocycles. The fourth-order valence-corrected chi connectivity index (χ4v) is 5.49. The Morgan fingerprint density at radius 1 is 0.763 bits per heavy atom. The molecule has 0 radical (unpaired) electrons. The van der Waals surface area contributed by atoms with E-state index >= 15 is 0 Å². The van der Waals surface area contributed by atoms with Gasteiger partial charge in [0.05, 0.1) is 12.4 Å². The quantitative estimate of drug-likeness (QED) is 0.150. The molecule has 4 heteroatoms. The van der Waals surface area contributed by atoms with E-state index in [-0.39, 0.29) is 5.97 Å². The molecule has 1 aliphatic carbocycles. The molecule has 0 saturated heterocycles. The van der Waals surface area contributed by atoms with E-state index < -0.39 is 0 Å². The number of aryl methyl sites for hydroxylation is 1. The molecule has 3 aromatic rings. The van der Waals surface area contributed by atoms with E-state index in [2.05, 4.69) is 53.3 Å². The van der Waals surface area contributed by atoms with Gasteiger partial charge in [-0.1, -0.05) is 126 Å². The summed E-state index contributed by atoms with van der Waals surface area (Å²) in [7, 11) is 0. The number of rotatable bonds is 15. The summed E-state index contributed by atoms with van der Waals surface area (Å²) in [6.07, 6.45) is 21.5. The van der Waals surface area contributed by atoms with Crippen molar-refractivity contribution in [1.29, 1.82) is 0 Å². The topological polar surface area (TPSA) is 52.1 Å². The summed E-state index contributed by atoms with van der Waals surface area (Å²) in [4.78, 5) is 21.1. The fourth-order valence-electron chi connectivity index (χ4n) is 5.49.